The summed E-state index contributed by atoms with van der Waals surface area (Å²) in [6.45, 7) is 13.8. The van der Waals surface area contributed by atoms with Gasteiger partial charge >= 0.3 is 12.1 Å². The zero-order chi connectivity index (χ0) is 30.2. The van der Waals surface area contributed by atoms with Gasteiger partial charge in [-0.1, -0.05) is 39.6 Å². The number of amidine groups is 1. The third-order valence-electron chi connectivity index (χ3n) is 7.16. The number of nitrogens with zero attached hydrogens (tertiary/aromatic N) is 2. The molecule has 11 heteroatoms. The zero-order valence-electron chi connectivity index (χ0n) is 24.6. The first-order valence-electron chi connectivity index (χ1n) is 13.8. The monoisotopic (exact) mass is 563 g/mol. The number of carboxylic acids is 1. The van der Waals surface area contributed by atoms with Crippen molar-refractivity contribution >= 4 is 23.9 Å². The maximum atomic E-state index is 15.0. The average molecular weight is 564 g/mol. The number of alkyl carbamates (subject to hydrolysis) is 1. The molecule has 1 aromatic rings. The predicted octanol–water partition coefficient (Wildman–Crippen LogP) is 5.36. The van der Waals surface area contributed by atoms with Crippen LogP contribution in [0.4, 0.5) is 14.0 Å². The molecule has 3 amide bonds. The van der Waals surface area contributed by atoms with Crippen LogP contribution < -0.4 is 15.4 Å². The molecule has 224 valence electrons. The van der Waals surface area contributed by atoms with E-state index in [1.54, 1.807) is 45.6 Å². The van der Waals surface area contributed by atoms with Crippen LogP contribution in [0, 0.1) is 23.6 Å². The predicted molar refractivity (Wildman–Crippen MR) is 151 cm³/mol. The molecule has 40 heavy (non-hydrogen) atoms. The molecule has 0 aromatic heterocycles. The Morgan fingerprint density at radius 3 is 2.30 bits per heavy atom. The molecular formula is C29H44FN4O6-. The van der Waals surface area contributed by atoms with E-state index in [1.807, 2.05) is 0 Å². The number of nitrogens with one attached hydrogen (secondary N) is 2. The van der Waals surface area contributed by atoms with Crippen molar-refractivity contribution in [1.29, 1.82) is 0 Å². The minimum absolute atomic E-state index is 0.0317. The van der Waals surface area contributed by atoms with Crippen molar-refractivity contribution in [2.45, 2.75) is 85.3 Å². The Balaban J connectivity index is 1.86. The van der Waals surface area contributed by atoms with Crippen LogP contribution in [0.3, 0.4) is 0 Å². The van der Waals surface area contributed by atoms with Gasteiger partial charge in [-0.2, -0.15) is 0 Å². The highest BCUT2D eigenvalue weighted by Gasteiger charge is 2.31. The Bertz CT molecular complexity index is 1050. The second-order valence-electron chi connectivity index (χ2n) is 11.8. The van der Waals surface area contributed by atoms with Crippen molar-refractivity contribution in [2.75, 3.05) is 19.7 Å². The van der Waals surface area contributed by atoms with Gasteiger partial charge in [0, 0.05) is 25.1 Å². The van der Waals surface area contributed by atoms with E-state index >= 15 is 0 Å². The van der Waals surface area contributed by atoms with Crippen molar-refractivity contribution < 1.29 is 33.4 Å². The number of rotatable bonds is 10. The normalized spacial score (nSPS) is 16.6. The molecule has 10 nitrogen and oxygen atoms in total. The van der Waals surface area contributed by atoms with Gasteiger partial charge in [0.25, 0.3) is 0 Å². The molecule has 2 rings (SSSR count). The Kier molecular flexibility index (Phi) is 11.8. The quantitative estimate of drug-likeness (QED) is 0.259. The lowest BCUT2D eigenvalue weighted by Gasteiger charge is -2.37. The summed E-state index contributed by atoms with van der Waals surface area (Å²) < 4.78 is 25.9. The van der Waals surface area contributed by atoms with Crippen LogP contribution in [0.15, 0.2) is 18.2 Å². The van der Waals surface area contributed by atoms with Gasteiger partial charge in [-0.15, -0.1) is 0 Å². The van der Waals surface area contributed by atoms with E-state index in [-0.39, 0.29) is 23.3 Å². The summed E-state index contributed by atoms with van der Waals surface area (Å²) in [5.74, 6) is -1.87. The fourth-order valence-electron chi connectivity index (χ4n) is 4.58. The molecule has 0 spiro atoms. The van der Waals surface area contributed by atoms with Crippen molar-refractivity contribution in [1.82, 2.24) is 15.5 Å². The van der Waals surface area contributed by atoms with Crippen molar-refractivity contribution in [2.24, 2.45) is 17.8 Å². The number of likely N-dealkylation sites (tertiary alicyclic amines) is 1. The summed E-state index contributed by atoms with van der Waals surface area (Å²) in [4.78, 5) is 37.9. The Hall–Kier alpha value is -3.37. The fraction of sp³-hybridized carbons (Fsp3) is 0.655. The van der Waals surface area contributed by atoms with Crippen LogP contribution in [0.1, 0.15) is 79.2 Å². The zero-order valence-corrected chi connectivity index (χ0v) is 24.6. The number of ether oxygens (including phenoxy) is 2. The average Bonchev–Trinajstić information content (AvgIpc) is 2.85. The number of hydrogen-bond donors (Lipinski definition) is 3. The number of hydrogen-bond acceptors (Lipinski definition) is 5. The molecule has 1 heterocycles. The molecule has 1 aromatic carbocycles. The third kappa shape index (κ3) is 9.98. The first-order valence-corrected chi connectivity index (χ1v) is 13.8. The molecule has 0 aliphatic carbocycles. The van der Waals surface area contributed by atoms with Crippen LogP contribution in [-0.4, -0.2) is 65.3 Å². The van der Waals surface area contributed by atoms with Gasteiger partial charge < -0.3 is 35.5 Å². The summed E-state index contributed by atoms with van der Waals surface area (Å²) in [7, 11) is 0. The summed E-state index contributed by atoms with van der Waals surface area (Å²) in [5, 5.41) is 24.3. The van der Waals surface area contributed by atoms with Crippen LogP contribution in [-0.2, 0) is 9.53 Å². The number of benzene rings is 1. The SMILES string of the molecule is CC(C)C(=[N-])NC(=O)N1CCC([C@H](C)CCOc2ccc([C@H](C)[C@H](NC(=O)OC(C)(C)C)C(=O)O)c(F)c2)CC1. The van der Waals surface area contributed by atoms with Crippen LogP contribution in [0.25, 0.3) is 5.41 Å². The first-order chi connectivity index (χ1) is 18.6. The number of carboxylic acid groups (broad SMARTS) is 1. The molecular weight excluding hydrogens is 519 g/mol. The second-order valence-corrected chi connectivity index (χ2v) is 11.8. The first kappa shape index (κ1) is 32.8. The minimum atomic E-state index is -1.38. The largest absolute Gasteiger partial charge is 0.493 e. The summed E-state index contributed by atoms with van der Waals surface area (Å²) in [5.41, 5.74) is -0.664. The smallest absolute Gasteiger partial charge is 0.408 e. The number of carbonyl (C=O) groups is 3. The Morgan fingerprint density at radius 1 is 1.15 bits per heavy atom. The standard InChI is InChI=1S/C29H44FN4O6/c1-17(2)25(31)33-27(37)34-13-10-20(11-14-34)18(3)12-15-39-21-8-9-22(23(30)16-21)19(4)24(26(35)36)32-28(38)40-29(5,6)7/h8-9,16-20,24H,10-15H2,1-7H3,(H3-,31,32,33,35,36,37,38)/q-1/t18-,19+,24+/m1/s1. The molecule has 0 bridgehead atoms. The summed E-state index contributed by atoms with van der Waals surface area (Å²) in [6, 6.07) is 2.63. The number of aliphatic carboxylic acids is 1. The number of amides is 3. The minimum Gasteiger partial charge on any atom is -0.493 e. The van der Waals surface area contributed by atoms with Crippen LogP contribution in [0.5, 0.6) is 5.75 Å². The molecule has 1 saturated heterocycles. The highest BCUT2D eigenvalue weighted by molar-refractivity contribution is 6.00. The number of piperidine rings is 1. The van der Waals surface area contributed by atoms with Gasteiger partial charge in [0.15, 0.2) is 0 Å². The number of urea groups is 1. The number of carbonyl (C=O) groups excluding carboxylic acids is 2. The summed E-state index contributed by atoms with van der Waals surface area (Å²) >= 11 is 0. The van der Waals surface area contributed by atoms with Crippen LogP contribution in [0.2, 0.25) is 0 Å². The van der Waals surface area contributed by atoms with Crippen molar-refractivity contribution in [3.63, 3.8) is 0 Å². The maximum Gasteiger partial charge on any atom is 0.408 e. The van der Waals surface area contributed by atoms with E-state index in [0.29, 0.717) is 37.3 Å². The molecule has 1 aliphatic heterocycles. The van der Waals surface area contributed by atoms with E-state index in [1.165, 1.54) is 19.1 Å². The Morgan fingerprint density at radius 2 is 1.77 bits per heavy atom. The van der Waals surface area contributed by atoms with Gasteiger partial charge in [-0.05, 0) is 69.4 Å². The van der Waals surface area contributed by atoms with Gasteiger partial charge in [0.1, 0.15) is 23.2 Å². The van der Waals surface area contributed by atoms with E-state index < -0.39 is 35.4 Å². The molecule has 0 radical (unpaired) electrons. The fourth-order valence-corrected chi connectivity index (χ4v) is 4.58. The molecule has 1 aliphatic rings. The molecule has 3 atom stereocenters. The van der Waals surface area contributed by atoms with E-state index in [4.69, 9.17) is 9.47 Å². The van der Waals surface area contributed by atoms with E-state index in [2.05, 4.69) is 17.6 Å². The molecule has 3 N–H and O–H groups in total. The van der Waals surface area contributed by atoms with Gasteiger partial charge in [-0.25, -0.2) is 14.0 Å². The lowest BCUT2D eigenvalue weighted by Crippen LogP contribution is -2.47. The topological polar surface area (TPSA) is 140 Å². The highest BCUT2D eigenvalue weighted by atomic mass is 19.1. The van der Waals surface area contributed by atoms with Gasteiger partial charge in [0.2, 0.25) is 6.03 Å². The van der Waals surface area contributed by atoms with Gasteiger partial charge in [-0.3, -0.25) is 4.79 Å². The van der Waals surface area contributed by atoms with Crippen LogP contribution >= 0.6 is 0 Å². The van der Waals surface area contributed by atoms with Crippen molar-refractivity contribution in [3.05, 3.63) is 35.0 Å². The summed E-state index contributed by atoms with van der Waals surface area (Å²) in [6.07, 6.45) is 1.55. The lowest BCUT2D eigenvalue weighted by atomic mass is 9.84. The van der Waals surface area contributed by atoms with E-state index in [9.17, 15) is 29.3 Å². The maximum absolute atomic E-state index is 15.0. The van der Waals surface area contributed by atoms with Crippen molar-refractivity contribution in [3.8, 4) is 5.75 Å². The van der Waals surface area contributed by atoms with Gasteiger partial charge in [0.05, 0.1) is 6.61 Å². The second kappa shape index (κ2) is 14.3. The molecule has 1 fully saturated rings. The number of halogens is 1. The molecule has 0 unspecified atom stereocenters. The molecule has 0 saturated carbocycles. The third-order valence-corrected chi connectivity index (χ3v) is 7.16. The Labute approximate surface area is 236 Å². The highest BCUT2D eigenvalue weighted by Crippen LogP contribution is 2.29. The van der Waals surface area contributed by atoms with E-state index in [0.717, 1.165) is 19.3 Å². The lowest BCUT2D eigenvalue weighted by molar-refractivity contribution is -0.140.